The fraction of sp³-hybridized carbons (Fsp3) is 0.360. The van der Waals surface area contributed by atoms with Crippen LogP contribution in [0.25, 0.3) is 10.2 Å². The summed E-state index contributed by atoms with van der Waals surface area (Å²) in [5, 5.41) is 0.658. The molecule has 3 aromatic rings. The summed E-state index contributed by atoms with van der Waals surface area (Å²) in [6.07, 6.45) is 2.49. The van der Waals surface area contributed by atoms with Crippen molar-refractivity contribution in [3.05, 3.63) is 48.0 Å². The lowest BCUT2D eigenvalue weighted by Crippen LogP contribution is -2.43. The van der Waals surface area contributed by atoms with E-state index in [1.54, 1.807) is 40.9 Å². The molecule has 0 atom stereocenters. The van der Waals surface area contributed by atoms with Crippen LogP contribution in [0.1, 0.15) is 23.2 Å². The zero-order valence-electron chi connectivity index (χ0n) is 19.8. The molecule has 3 heterocycles. The first kappa shape index (κ1) is 26.6. The highest BCUT2D eigenvalue weighted by Gasteiger charge is 2.30. The Morgan fingerprint density at radius 3 is 2.44 bits per heavy atom. The van der Waals surface area contributed by atoms with Gasteiger partial charge in [0, 0.05) is 49.5 Å². The summed E-state index contributed by atoms with van der Waals surface area (Å²) in [4.78, 5) is 49.0. The standard InChI is InChI=1S/C25H26N4O4S2.ClH/c1-34-19-6-7-20-21(16-19)35-25(26-20)28(11-10-27-12-14-33-15-13-27)24(32)17-2-4-18(5-3-17)29-22(30)8-9-23(29)31;/h2-7,16H,8-15H2,1H3;1H. The van der Waals surface area contributed by atoms with Crippen LogP contribution in [0.3, 0.4) is 0 Å². The molecular weight excluding hydrogens is 520 g/mol. The fourth-order valence-electron chi connectivity index (χ4n) is 4.26. The van der Waals surface area contributed by atoms with Gasteiger partial charge in [0.2, 0.25) is 11.8 Å². The number of hydrogen-bond acceptors (Lipinski definition) is 8. The van der Waals surface area contributed by atoms with Crippen molar-refractivity contribution in [2.45, 2.75) is 17.7 Å². The van der Waals surface area contributed by atoms with Gasteiger partial charge >= 0.3 is 0 Å². The number of benzene rings is 2. The molecule has 36 heavy (non-hydrogen) atoms. The van der Waals surface area contributed by atoms with E-state index in [9.17, 15) is 14.4 Å². The zero-order chi connectivity index (χ0) is 24.4. The zero-order valence-corrected chi connectivity index (χ0v) is 22.3. The summed E-state index contributed by atoms with van der Waals surface area (Å²) in [5.41, 5.74) is 1.85. The Balaban J connectivity index is 0.00000304. The van der Waals surface area contributed by atoms with Crippen LogP contribution < -0.4 is 9.80 Å². The van der Waals surface area contributed by atoms with Gasteiger partial charge in [-0.3, -0.25) is 29.1 Å². The number of thioether (sulfide) groups is 1. The summed E-state index contributed by atoms with van der Waals surface area (Å²) in [5.74, 6) is -0.575. The maximum absolute atomic E-state index is 13.7. The highest BCUT2D eigenvalue weighted by molar-refractivity contribution is 7.98. The summed E-state index contributed by atoms with van der Waals surface area (Å²) < 4.78 is 6.49. The normalized spacial score (nSPS) is 16.4. The van der Waals surface area contributed by atoms with Gasteiger partial charge in [-0.1, -0.05) is 11.3 Å². The number of rotatable bonds is 7. The first-order chi connectivity index (χ1) is 17.0. The van der Waals surface area contributed by atoms with Crippen LogP contribution in [0.5, 0.6) is 0 Å². The number of imide groups is 1. The third kappa shape index (κ3) is 5.57. The second-order valence-corrected chi connectivity index (χ2v) is 10.3. The molecule has 2 fully saturated rings. The number of hydrogen-bond donors (Lipinski definition) is 0. The van der Waals surface area contributed by atoms with E-state index in [4.69, 9.17) is 9.72 Å². The van der Waals surface area contributed by atoms with Gasteiger partial charge in [-0.05, 0) is 48.7 Å². The van der Waals surface area contributed by atoms with Gasteiger partial charge in [0.05, 0.1) is 29.1 Å². The van der Waals surface area contributed by atoms with Crippen LogP contribution in [0, 0.1) is 0 Å². The molecule has 2 saturated heterocycles. The van der Waals surface area contributed by atoms with Crippen molar-refractivity contribution in [1.82, 2.24) is 9.88 Å². The maximum Gasteiger partial charge on any atom is 0.260 e. The summed E-state index contributed by atoms with van der Waals surface area (Å²) >= 11 is 3.18. The van der Waals surface area contributed by atoms with Crippen molar-refractivity contribution in [2.75, 3.05) is 55.4 Å². The van der Waals surface area contributed by atoms with E-state index in [2.05, 4.69) is 11.0 Å². The van der Waals surface area contributed by atoms with Crippen molar-refractivity contribution < 1.29 is 19.1 Å². The number of anilines is 2. The number of fused-ring (bicyclic) bond motifs is 1. The smallest absolute Gasteiger partial charge is 0.260 e. The summed E-state index contributed by atoms with van der Waals surface area (Å²) in [6.45, 7) is 4.29. The summed E-state index contributed by atoms with van der Waals surface area (Å²) in [7, 11) is 0. The number of thiazole rings is 1. The first-order valence-corrected chi connectivity index (χ1v) is 13.6. The minimum Gasteiger partial charge on any atom is -0.379 e. The van der Waals surface area contributed by atoms with Crippen LogP contribution in [0.15, 0.2) is 47.4 Å². The van der Waals surface area contributed by atoms with Gasteiger partial charge in [-0.2, -0.15) is 0 Å². The minimum atomic E-state index is -0.208. The SMILES string of the molecule is CSc1ccc2nc(N(CCN3CCOCC3)C(=O)c3ccc(N4C(=O)CCC4=O)cc3)sc2c1.Cl. The molecule has 0 saturated carbocycles. The lowest BCUT2D eigenvalue weighted by Gasteiger charge is -2.29. The summed E-state index contributed by atoms with van der Waals surface area (Å²) in [6, 6.07) is 12.8. The van der Waals surface area contributed by atoms with Crippen molar-refractivity contribution in [2.24, 2.45) is 0 Å². The van der Waals surface area contributed by atoms with Crippen molar-refractivity contribution in [3.63, 3.8) is 0 Å². The fourth-order valence-corrected chi connectivity index (χ4v) is 5.80. The molecule has 2 aromatic carbocycles. The van der Waals surface area contributed by atoms with Gasteiger partial charge in [-0.15, -0.1) is 24.2 Å². The third-order valence-electron chi connectivity index (χ3n) is 6.23. The molecule has 0 spiro atoms. The number of aromatic nitrogens is 1. The number of nitrogens with zero attached hydrogens (tertiary/aromatic N) is 4. The quantitative estimate of drug-likeness (QED) is 0.326. The monoisotopic (exact) mass is 546 g/mol. The van der Waals surface area contributed by atoms with Gasteiger partial charge in [0.1, 0.15) is 0 Å². The number of morpholine rings is 1. The molecule has 11 heteroatoms. The molecule has 0 aliphatic carbocycles. The van der Waals surface area contributed by atoms with Crippen LogP contribution >= 0.6 is 35.5 Å². The number of carbonyl (C=O) groups is 3. The Morgan fingerprint density at radius 1 is 1.08 bits per heavy atom. The number of amides is 3. The lowest BCUT2D eigenvalue weighted by molar-refractivity contribution is -0.121. The van der Waals surface area contributed by atoms with E-state index in [0.717, 1.165) is 34.7 Å². The van der Waals surface area contributed by atoms with Crippen molar-refractivity contribution >= 4 is 74.3 Å². The molecule has 0 N–H and O–H groups in total. The molecule has 0 unspecified atom stereocenters. The molecule has 3 amide bonds. The molecular formula is C25H27ClN4O4S2. The maximum atomic E-state index is 13.7. The third-order valence-corrected chi connectivity index (χ3v) is 7.99. The van der Waals surface area contributed by atoms with Gasteiger partial charge < -0.3 is 4.74 Å². The van der Waals surface area contributed by atoms with E-state index < -0.39 is 0 Å². The van der Waals surface area contributed by atoms with Crippen LogP contribution in [-0.4, -0.2) is 73.3 Å². The largest absolute Gasteiger partial charge is 0.379 e. The predicted molar refractivity (Wildman–Crippen MR) is 146 cm³/mol. The molecule has 0 radical (unpaired) electrons. The number of ether oxygens (including phenoxy) is 1. The van der Waals surface area contributed by atoms with Gasteiger partial charge in [-0.25, -0.2) is 4.98 Å². The Hall–Kier alpha value is -2.50. The topological polar surface area (TPSA) is 83.1 Å². The molecule has 0 bridgehead atoms. The Morgan fingerprint density at radius 2 is 1.78 bits per heavy atom. The molecule has 1 aromatic heterocycles. The lowest BCUT2D eigenvalue weighted by atomic mass is 10.1. The minimum absolute atomic E-state index is 0. The average molecular weight is 547 g/mol. The molecule has 8 nitrogen and oxygen atoms in total. The van der Waals surface area contributed by atoms with Crippen LogP contribution in [0.2, 0.25) is 0 Å². The second kappa shape index (κ2) is 11.7. The van der Waals surface area contributed by atoms with E-state index in [1.165, 1.54) is 16.2 Å². The number of carbonyl (C=O) groups excluding carboxylic acids is 3. The van der Waals surface area contributed by atoms with E-state index in [1.807, 2.05) is 18.4 Å². The van der Waals surface area contributed by atoms with Gasteiger partial charge in [0.15, 0.2) is 5.13 Å². The first-order valence-electron chi connectivity index (χ1n) is 11.6. The highest BCUT2D eigenvalue weighted by Crippen LogP contribution is 2.32. The van der Waals surface area contributed by atoms with Crippen LogP contribution in [0.4, 0.5) is 10.8 Å². The number of halogens is 1. The molecule has 190 valence electrons. The average Bonchev–Trinajstić information content (AvgIpc) is 3.46. The van der Waals surface area contributed by atoms with Crippen molar-refractivity contribution in [1.29, 1.82) is 0 Å². The van der Waals surface area contributed by atoms with E-state index >= 15 is 0 Å². The second-order valence-electron chi connectivity index (χ2n) is 8.41. The van der Waals surface area contributed by atoms with E-state index in [0.29, 0.717) is 36.1 Å². The van der Waals surface area contributed by atoms with E-state index in [-0.39, 0.29) is 43.0 Å². The molecule has 5 rings (SSSR count). The van der Waals surface area contributed by atoms with Crippen LogP contribution in [-0.2, 0) is 14.3 Å². The Kier molecular flexibility index (Phi) is 8.63. The highest BCUT2D eigenvalue weighted by atomic mass is 35.5. The predicted octanol–water partition coefficient (Wildman–Crippen LogP) is 4.07. The van der Waals surface area contributed by atoms with Crippen molar-refractivity contribution in [3.8, 4) is 0 Å². The molecule has 2 aliphatic heterocycles. The molecule has 2 aliphatic rings. The Labute approximate surface area is 224 Å². The van der Waals surface area contributed by atoms with Gasteiger partial charge in [0.25, 0.3) is 5.91 Å². The Bertz CT molecular complexity index is 1240.